The summed E-state index contributed by atoms with van der Waals surface area (Å²) in [5, 5.41) is 6.27. The summed E-state index contributed by atoms with van der Waals surface area (Å²) in [5.41, 5.74) is 3.41. The maximum atomic E-state index is 11.0. The SMILES string of the molecule is CC(=O)Nc1ccc(CCOCCCCCCNCc2ccccc2)cc1. The molecule has 0 aromatic heterocycles. The molecule has 2 rings (SSSR count). The lowest BCUT2D eigenvalue weighted by Gasteiger charge is -2.07. The van der Waals surface area contributed by atoms with Crippen LogP contribution in [0.25, 0.3) is 0 Å². The van der Waals surface area contributed by atoms with E-state index in [9.17, 15) is 4.79 Å². The second-order valence-electron chi connectivity index (χ2n) is 6.82. The topological polar surface area (TPSA) is 50.4 Å². The van der Waals surface area contributed by atoms with Crippen molar-refractivity contribution in [2.24, 2.45) is 0 Å². The monoisotopic (exact) mass is 368 g/mol. The van der Waals surface area contributed by atoms with Crippen molar-refractivity contribution in [1.29, 1.82) is 0 Å². The molecule has 0 spiro atoms. The second kappa shape index (κ2) is 13.1. The minimum absolute atomic E-state index is 0.0435. The van der Waals surface area contributed by atoms with E-state index in [1.165, 1.54) is 37.3 Å². The Bertz CT molecular complexity index is 641. The summed E-state index contributed by atoms with van der Waals surface area (Å²) in [6.45, 7) is 5.13. The first-order valence-corrected chi connectivity index (χ1v) is 9.93. The standard InChI is InChI=1S/C23H32N2O2/c1-20(26)25-23-13-11-21(12-14-23)15-18-27-17-8-3-2-7-16-24-19-22-9-5-4-6-10-22/h4-6,9-14,24H,2-3,7-8,15-19H2,1H3,(H,25,26). The van der Waals surface area contributed by atoms with Crippen LogP contribution in [0.1, 0.15) is 43.7 Å². The molecule has 0 aliphatic rings. The average molecular weight is 369 g/mol. The van der Waals surface area contributed by atoms with Gasteiger partial charge < -0.3 is 15.4 Å². The number of hydrogen-bond donors (Lipinski definition) is 2. The molecular formula is C23H32N2O2. The van der Waals surface area contributed by atoms with Crippen molar-refractivity contribution in [3.8, 4) is 0 Å². The van der Waals surface area contributed by atoms with Crippen molar-refractivity contribution in [2.75, 3.05) is 25.1 Å². The van der Waals surface area contributed by atoms with Gasteiger partial charge >= 0.3 is 0 Å². The molecule has 0 saturated heterocycles. The van der Waals surface area contributed by atoms with Gasteiger partial charge in [0.2, 0.25) is 5.91 Å². The quantitative estimate of drug-likeness (QED) is 0.510. The number of benzene rings is 2. The van der Waals surface area contributed by atoms with Crippen molar-refractivity contribution in [3.05, 3.63) is 65.7 Å². The Morgan fingerprint density at radius 2 is 1.59 bits per heavy atom. The van der Waals surface area contributed by atoms with Gasteiger partial charge in [-0.05, 0) is 49.1 Å². The highest BCUT2D eigenvalue weighted by Gasteiger charge is 1.98. The molecule has 0 aliphatic carbocycles. The number of ether oxygens (including phenoxy) is 1. The van der Waals surface area contributed by atoms with Crippen molar-refractivity contribution in [2.45, 2.75) is 45.6 Å². The molecule has 0 atom stereocenters. The summed E-state index contributed by atoms with van der Waals surface area (Å²) in [4.78, 5) is 11.0. The number of anilines is 1. The predicted octanol–water partition coefficient (Wildman–Crippen LogP) is 4.55. The van der Waals surface area contributed by atoms with E-state index in [1.54, 1.807) is 0 Å². The van der Waals surface area contributed by atoms with Gasteiger partial charge in [-0.3, -0.25) is 4.79 Å². The highest BCUT2D eigenvalue weighted by molar-refractivity contribution is 5.88. The first-order valence-electron chi connectivity index (χ1n) is 9.93. The molecule has 1 amide bonds. The number of unbranched alkanes of at least 4 members (excludes halogenated alkanes) is 3. The van der Waals surface area contributed by atoms with Gasteiger partial charge in [0, 0.05) is 25.8 Å². The molecule has 4 heteroatoms. The third kappa shape index (κ3) is 9.92. The molecule has 27 heavy (non-hydrogen) atoms. The van der Waals surface area contributed by atoms with E-state index < -0.39 is 0 Å². The fraction of sp³-hybridized carbons (Fsp3) is 0.435. The Morgan fingerprint density at radius 1 is 0.852 bits per heavy atom. The molecule has 146 valence electrons. The number of carbonyl (C=O) groups excluding carboxylic acids is 1. The average Bonchev–Trinajstić information content (AvgIpc) is 2.68. The van der Waals surface area contributed by atoms with E-state index in [0.29, 0.717) is 0 Å². The van der Waals surface area contributed by atoms with Gasteiger partial charge in [-0.15, -0.1) is 0 Å². The lowest BCUT2D eigenvalue weighted by molar-refractivity contribution is -0.114. The lowest BCUT2D eigenvalue weighted by atomic mass is 10.1. The molecule has 0 heterocycles. The molecule has 0 fully saturated rings. The van der Waals surface area contributed by atoms with Gasteiger partial charge in [-0.25, -0.2) is 0 Å². The van der Waals surface area contributed by atoms with Gasteiger partial charge in [0.15, 0.2) is 0 Å². The normalized spacial score (nSPS) is 10.7. The molecule has 0 unspecified atom stereocenters. The lowest BCUT2D eigenvalue weighted by Crippen LogP contribution is -2.14. The highest BCUT2D eigenvalue weighted by atomic mass is 16.5. The van der Waals surface area contributed by atoms with Gasteiger partial charge in [0.25, 0.3) is 0 Å². The van der Waals surface area contributed by atoms with Crippen molar-refractivity contribution in [1.82, 2.24) is 5.32 Å². The van der Waals surface area contributed by atoms with Gasteiger partial charge in [0.05, 0.1) is 6.61 Å². The molecule has 0 radical (unpaired) electrons. The van der Waals surface area contributed by atoms with Crippen LogP contribution in [-0.2, 0) is 22.5 Å². The third-order valence-electron chi connectivity index (χ3n) is 4.37. The maximum Gasteiger partial charge on any atom is 0.221 e. The van der Waals surface area contributed by atoms with Crippen LogP contribution < -0.4 is 10.6 Å². The van der Waals surface area contributed by atoms with Crippen molar-refractivity contribution in [3.63, 3.8) is 0 Å². The van der Waals surface area contributed by atoms with Crippen molar-refractivity contribution >= 4 is 11.6 Å². The molecule has 2 aromatic rings. The number of amides is 1. The zero-order valence-corrected chi connectivity index (χ0v) is 16.4. The van der Waals surface area contributed by atoms with Gasteiger partial charge in [0.1, 0.15) is 0 Å². The fourth-order valence-corrected chi connectivity index (χ4v) is 2.89. The van der Waals surface area contributed by atoms with Crippen LogP contribution in [0.2, 0.25) is 0 Å². The molecule has 0 saturated carbocycles. The van der Waals surface area contributed by atoms with Gasteiger partial charge in [-0.2, -0.15) is 0 Å². The van der Waals surface area contributed by atoms with Crippen LogP contribution in [0.5, 0.6) is 0 Å². The Balaban J connectivity index is 1.40. The highest BCUT2D eigenvalue weighted by Crippen LogP contribution is 2.10. The number of hydrogen-bond acceptors (Lipinski definition) is 3. The summed E-state index contributed by atoms with van der Waals surface area (Å²) in [5.74, 6) is -0.0435. The van der Waals surface area contributed by atoms with E-state index in [1.807, 2.05) is 24.3 Å². The van der Waals surface area contributed by atoms with Crippen LogP contribution in [0.15, 0.2) is 54.6 Å². The molecule has 4 nitrogen and oxygen atoms in total. The minimum atomic E-state index is -0.0435. The van der Waals surface area contributed by atoms with Crippen LogP contribution in [0.4, 0.5) is 5.69 Å². The van der Waals surface area contributed by atoms with E-state index in [0.717, 1.165) is 44.8 Å². The van der Waals surface area contributed by atoms with Crippen LogP contribution >= 0.6 is 0 Å². The Morgan fingerprint density at radius 3 is 2.33 bits per heavy atom. The maximum absolute atomic E-state index is 11.0. The van der Waals surface area contributed by atoms with Gasteiger partial charge in [-0.1, -0.05) is 55.3 Å². The number of carbonyl (C=O) groups is 1. The first-order chi connectivity index (χ1) is 13.2. The first kappa shape index (κ1) is 21.1. The summed E-state index contributed by atoms with van der Waals surface area (Å²) >= 11 is 0. The summed E-state index contributed by atoms with van der Waals surface area (Å²) < 4.78 is 5.73. The Kier molecular flexibility index (Phi) is 10.2. The molecule has 2 aromatic carbocycles. The Hall–Kier alpha value is -2.17. The third-order valence-corrected chi connectivity index (χ3v) is 4.37. The fourth-order valence-electron chi connectivity index (χ4n) is 2.89. The summed E-state index contributed by atoms with van der Waals surface area (Å²) in [7, 11) is 0. The minimum Gasteiger partial charge on any atom is -0.381 e. The number of nitrogens with one attached hydrogen (secondary N) is 2. The van der Waals surface area contributed by atoms with E-state index in [2.05, 4.69) is 41.0 Å². The van der Waals surface area contributed by atoms with Crippen LogP contribution in [0, 0.1) is 0 Å². The van der Waals surface area contributed by atoms with E-state index in [4.69, 9.17) is 4.74 Å². The predicted molar refractivity (Wildman–Crippen MR) is 112 cm³/mol. The Labute approximate surface area is 163 Å². The molecule has 2 N–H and O–H groups in total. The summed E-state index contributed by atoms with van der Waals surface area (Å²) in [6, 6.07) is 18.5. The van der Waals surface area contributed by atoms with E-state index >= 15 is 0 Å². The summed E-state index contributed by atoms with van der Waals surface area (Å²) in [6.07, 6.45) is 5.71. The van der Waals surface area contributed by atoms with Crippen molar-refractivity contribution < 1.29 is 9.53 Å². The molecular weight excluding hydrogens is 336 g/mol. The molecule has 0 bridgehead atoms. The number of rotatable bonds is 13. The van der Waals surface area contributed by atoms with Crippen LogP contribution in [0.3, 0.4) is 0 Å². The molecule has 0 aliphatic heterocycles. The second-order valence-corrected chi connectivity index (χ2v) is 6.82. The largest absolute Gasteiger partial charge is 0.381 e. The van der Waals surface area contributed by atoms with Crippen LogP contribution in [-0.4, -0.2) is 25.7 Å². The van der Waals surface area contributed by atoms with E-state index in [-0.39, 0.29) is 5.91 Å². The smallest absolute Gasteiger partial charge is 0.221 e. The zero-order chi connectivity index (χ0) is 19.2. The zero-order valence-electron chi connectivity index (χ0n) is 16.4.